The van der Waals surface area contributed by atoms with Crippen molar-refractivity contribution in [1.82, 2.24) is 10.4 Å². The zero-order valence-corrected chi connectivity index (χ0v) is 73.0. The first-order valence-electron chi connectivity index (χ1n) is 35.1. The maximum absolute atomic E-state index is 14.8. The van der Waals surface area contributed by atoms with Crippen molar-refractivity contribution in [2.45, 2.75) is 244 Å². The summed E-state index contributed by atoms with van der Waals surface area (Å²) in [5.74, 6) is -1.21. The van der Waals surface area contributed by atoms with Crippen LogP contribution >= 0.6 is 18.9 Å². The molecule has 2 fully saturated rings. The summed E-state index contributed by atoms with van der Waals surface area (Å²) >= 11 is 0. The molecule has 1 spiro atoms. The number of fused-ring (bicyclic) bond motifs is 5. The van der Waals surface area contributed by atoms with Crippen LogP contribution in [-0.2, 0) is 58.9 Å². The van der Waals surface area contributed by atoms with Gasteiger partial charge in [-0.3, -0.25) is 19.2 Å². The Balaban J connectivity index is 0.000000266. The van der Waals surface area contributed by atoms with Crippen LogP contribution in [0.3, 0.4) is 0 Å². The first-order valence-corrected chi connectivity index (χ1v) is 55.5. The lowest BCUT2D eigenvalue weighted by molar-refractivity contribution is -0.273. The molecule has 23 nitrogen and oxygen atoms in total. The van der Waals surface area contributed by atoms with E-state index < -0.39 is 121 Å². The van der Waals surface area contributed by atoms with Crippen LogP contribution < -0.4 is 33.3 Å². The highest BCUT2D eigenvalue weighted by atomic mass is 31.0. The molecule has 103 heavy (non-hydrogen) atoms. The van der Waals surface area contributed by atoms with E-state index in [0.717, 1.165) is 11.1 Å². The van der Waals surface area contributed by atoms with Gasteiger partial charge in [-0.05, 0) is 144 Å². The molecule has 0 aromatic heterocycles. The second-order valence-electron chi connectivity index (χ2n) is 34.4. The standard InChI is InChI=1S/C43H60NO10PSi3.C29H50NO9PSi3.H2N2/c1-28-36(53-58(11,12)42(2,3)4)35(31-23-32-38(49-27-48-32)39(51-55)34(31)41(46)47-25-29-19-15-13-16-20-29)43(40(54-57(8,9)10)37(28)52-56(5,6)7)24-33(45)44(43)50-26-30-21-17-14-18-22-30;1-16-22(38-43(11,12)28(2,3)4)21-17-13-18-24(35-15-34-18)25(36-40)20(17)27(33)30-29(21,14-19(31)32)26(39-42(8,9)10)23(16)37-41(5,6)7;1-2/h13-23,28,37,40H,24-27,55H2,1-12H3;13,16,21-23,26H,14-15,40H2,1-12H3,(H,30,33)(H,31,32);1-2H/t28-,37+,40+,43+;16-,21-,22-,23+,26+,29+;/m00./s1. The summed E-state index contributed by atoms with van der Waals surface area (Å²) in [4.78, 5) is 62.9. The monoisotopic (exact) mass is 1570 g/mol. The molecule has 31 heteroatoms. The van der Waals surface area contributed by atoms with E-state index in [1.54, 1.807) is 6.07 Å². The Bertz CT molecular complexity index is 3800. The molecule has 4 aromatic carbocycles. The van der Waals surface area contributed by atoms with E-state index >= 15 is 0 Å². The molecule has 4 aliphatic heterocycles. The van der Waals surface area contributed by atoms with Gasteiger partial charge in [0.05, 0.1) is 73.1 Å². The molecule has 6 aliphatic rings. The summed E-state index contributed by atoms with van der Waals surface area (Å²) in [6.45, 7) is 51.5. The largest absolute Gasteiger partial charge is 0.546 e. The fraction of sp³-hybridized carbons (Fsp3) is 0.583. The number of carboxylic acids is 1. The molecular formula is C72H112N4O19P2Si6. The van der Waals surface area contributed by atoms with Crippen LogP contribution in [-0.4, -0.2) is 139 Å². The summed E-state index contributed by atoms with van der Waals surface area (Å²) in [6, 6.07) is 22.8. The number of nitrogens with one attached hydrogen (secondary N) is 3. The number of carbonyl (C=O) groups excluding carboxylic acids is 3. The molecule has 1 saturated heterocycles. The Morgan fingerprint density at radius 1 is 0.631 bits per heavy atom. The van der Waals surface area contributed by atoms with Gasteiger partial charge < -0.3 is 69.7 Å². The smallest absolute Gasteiger partial charge is 0.343 e. The highest BCUT2D eigenvalue weighted by molar-refractivity contribution is 7.10. The molecule has 568 valence electrons. The van der Waals surface area contributed by atoms with Gasteiger partial charge in [0.2, 0.25) is 39.3 Å². The fourth-order valence-electron chi connectivity index (χ4n) is 13.8. The first kappa shape index (κ1) is 83.3. The topological polar surface area (TPSA) is 281 Å². The van der Waals surface area contributed by atoms with Crippen molar-refractivity contribution in [3.63, 3.8) is 0 Å². The van der Waals surface area contributed by atoms with E-state index in [1.165, 1.54) is 5.06 Å². The van der Waals surface area contributed by atoms with Crippen LogP contribution in [0.25, 0.3) is 5.57 Å². The van der Waals surface area contributed by atoms with Gasteiger partial charge in [-0.1, -0.05) is 116 Å². The lowest BCUT2D eigenvalue weighted by Crippen LogP contribution is -2.76. The number of benzene rings is 4. The molecule has 0 bridgehead atoms. The molecule has 2 amide bonds. The second kappa shape index (κ2) is 31.1. The number of amides is 2. The van der Waals surface area contributed by atoms with E-state index in [-0.39, 0.29) is 89.9 Å². The van der Waals surface area contributed by atoms with Gasteiger partial charge >= 0.3 is 11.9 Å². The average molecular weight is 1570 g/mol. The summed E-state index contributed by atoms with van der Waals surface area (Å²) < 4.78 is 84.5. The van der Waals surface area contributed by atoms with Crippen LogP contribution in [0.4, 0.5) is 0 Å². The molecule has 2 aliphatic carbocycles. The number of aliphatic carboxylic acids is 1. The quantitative estimate of drug-likeness (QED) is 0.0176. The minimum atomic E-state index is -2.66. The molecule has 4 N–H and O–H groups in total. The Kier molecular flexibility index (Phi) is 25.1. The number of carbonyl (C=O) groups is 4. The number of ether oxygens (including phenoxy) is 5. The molecule has 2 unspecified atom stereocenters. The van der Waals surface area contributed by atoms with Crippen molar-refractivity contribution < 1.29 is 88.4 Å². The van der Waals surface area contributed by atoms with Gasteiger partial charge in [-0.2, -0.15) is 0 Å². The first-order chi connectivity index (χ1) is 47.6. The van der Waals surface area contributed by atoms with Crippen LogP contribution in [0.5, 0.6) is 34.5 Å². The lowest BCUT2D eigenvalue weighted by Gasteiger charge is -2.61. The van der Waals surface area contributed by atoms with E-state index in [4.69, 9.17) is 75.2 Å². The number of carboxylic acid groups (broad SMARTS) is 1. The van der Waals surface area contributed by atoms with E-state index in [9.17, 15) is 24.3 Å². The summed E-state index contributed by atoms with van der Waals surface area (Å²) in [5, 5.41) is 14.8. The predicted molar refractivity (Wildman–Crippen MR) is 416 cm³/mol. The second-order valence-corrected chi connectivity index (χ2v) is 62.2. The van der Waals surface area contributed by atoms with Crippen molar-refractivity contribution in [3.05, 3.63) is 112 Å². The third kappa shape index (κ3) is 17.6. The molecule has 1 saturated carbocycles. The fourth-order valence-corrected chi connectivity index (χ4v) is 21.3. The summed E-state index contributed by atoms with van der Waals surface area (Å²) in [5.41, 5.74) is 11.0. The molecule has 12 atom stereocenters. The van der Waals surface area contributed by atoms with Gasteiger partial charge in [0, 0.05) is 28.9 Å². The van der Waals surface area contributed by atoms with Crippen molar-refractivity contribution >= 4 is 98.2 Å². The predicted octanol–water partition coefficient (Wildman–Crippen LogP) is 16.6. The van der Waals surface area contributed by atoms with Crippen molar-refractivity contribution in [2.75, 3.05) is 13.6 Å². The Morgan fingerprint density at radius 3 is 1.60 bits per heavy atom. The van der Waals surface area contributed by atoms with Gasteiger partial charge in [0.1, 0.15) is 30.4 Å². The Hall–Kier alpha value is -5.38. The van der Waals surface area contributed by atoms with Gasteiger partial charge in [0.25, 0.3) is 5.91 Å². The average Bonchev–Trinajstić information content (AvgIpc) is 0.965. The van der Waals surface area contributed by atoms with Gasteiger partial charge in [-0.25, -0.2) is 20.9 Å². The van der Waals surface area contributed by atoms with E-state index in [1.807, 2.05) is 66.7 Å². The SMILES string of the molecule is C[C@@H]1[C@@H](O[Si](C)(C)C)[C@@H](O[Si](C)(C)C)[C@]2(CC(=O)O)NC(=O)c3c(cc4c(c3OP)OCO4)[C@H]2[C@H]1O[Si](C)(C)C(C)(C)C.C[C@H]1C(O[Si](C)(C)C(C)(C)C)=C(c2cc3c(c(OP)c2C(=O)OCc2ccccc2)OCO3)[C@]2(CC(=O)N2OCc2ccccc2)[C@H](O[Si](C)(C)C)[C@@H]1O[Si](C)(C)C.N=N. The third-order valence-corrected chi connectivity index (χ3v) is 33.4. The van der Waals surface area contributed by atoms with Crippen LogP contribution in [0.1, 0.15) is 117 Å². The number of β-lactam (4-membered cyclic amide) rings is 1. The Labute approximate surface area is 620 Å². The number of rotatable bonds is 23. The van der Waals surface area contributed by atoms with Crippen molar-refractivity contribution in [2.24, 2.45) is 11.8 Å². The molecular weight excluding hydrogens is 1460 g/mol. The maximum Gasteiger partial charge on any atom is 0.343 e. The number of hydrogen-bond acceptors (Lipinski definition) is 20. The summed E-state index contributed by atoms with van der Waals surface area (Å²) in [6.07, 6.45) is -3.42. The summed E-state index contributed by atoms with van der Waals surface area (Å²) in [7, 11) is -9.91. The molecule has 4 heterocycles. The molecule has 10 rings (SSSR count). The van der Waals surface area contributed by atoms with Gasteiger partial charge in [0.15, 0.2) is 64.6 Å². The van der Waals surface area contributed by atoms with E-state index in [2.05, 4.69) is 184 Å². The zero-order chi connectivity index (χ0) is 76.9. The number of hydroxylamine groups is 2. The molecule has 4 aromatic rings. The number of hydrogen-bond donors (Lipinski definition) is 4. The van der Waals surface area contributed by atoms with Crippen LogP contribution in [0, 0.1) is 22.9 Å². The highest BCUT2D eigenvalue weighted by Crippen LogP contribution is 2.62. The molecule has 0 radical (unpaired) electrons. The van der Waals surface area contributed by atoms with Crippen LogP contribution in [0.2, 0.25) is 115 Å². The minimum Gasteiger partial charge on any atom is -0.546 e. The zero-order valence-electron chi connectivity index (χ0n) is 64.7. The highest BCUT2D eigenvalue weighted by Gasteiger charge is 2.70. The van der Waals surface area contributed by atoms with Crippen molar-refractivity contribution in [1.29, 1.82) is 11.1 Å². The lowest BCUT2D eigenvalue weighted by atomic mass is 9.58. The normalized spacial score (nSPS) is 24.7. The number of nitrogens with zero attached hydrogens (tertiary/aromatic N) is 1. The van der Waals surface area contributed by atoms with Crippen molar-refractivity contribution in [3.8, 4) is 34.5 Å². The van der Waals surface area contributed by atoms with E-state index in [0.29, 0.717) is 39.7 Å². The van der Waals surface area contributed by atoms with Crippen LogP contribution in [0.15, 0.2) is 78.6 Å². The third-order valence-electron chi connectivity index (χ3n) is 20.2. The van der Waals surface area contributed by atoms with Gasteiger partial charge in [-0.15, -0.1) is 0 Å². The minimum absolute atomic E-state index is 0.00107. The Morgan fingerprint density at radius 2 is 1.12 bits per heavy atom. The number of esters is 1. The maximum atomic E-state index is 14.8.